The van der Waals surface area contributed by atoms with Crippen molar-refractivity contribution < 1.29 is 23.8 Å². The lowest BCUT2D eigenvalue weighted by atomic mass is 9.47. The van der Waals surface area contributed by atoms with E-state index in [4.69, 9.17) is 14.2 Å². The Balaban J connectivity index is 2.03. The summed E-state index contributed by atoms with van der Waals surface area (Å²) in [4.78, 5) is 23.2. The minimum Gasteiger partial charge on any atom is -0.462 e. The average molecular weight is 336 g/mol. The van der Waals surface area contributed by atoms with Crippen molar-refractivity contribution in [1.29, 1.82) is 0 Å². The van der Waals surface area contributed by atoms with Crippen LogP contribution in [0.3, 0.4) is 0 Å². The molecule has 1 saturated carbocycles. The Hall–Kier alpha value is -1.36. The molecule has 0 N–H and O–H groups in total. The van der Waals surface area contributed by atoms with Crippen molar-refractivity contribution in [2.24, 2.45) is 22.7 Å². The van der Waals surface area contributed by atoms with E-state index in [0.29, 0.717) is 12.5 Å². The molecule has 1 saturated heterocycles. The molecule has 2 fully saturated rings. The molecule has 5 atom stereocenters. The number of ether oxygens (including phenoxy) is 3. The molecule has 0 aromatic rings. The van der Waals surface area contributed by atoms with Gasteiger partial charge in [-0.25, -0.2) is 0 Å². The Bertz CT molecular complexity index is 578. The van der Waals surface area contributed by atoms with Crippen LogP contribution in [0, 0.1) is 22.7 Å². The third-order valence-corrected chi connectivity index (χ3v) is 6.40. The Morgan fingerprint density at radius 1 is 1.17 bits per heavy atom. The van der Waals surface area contributed by atoms with Gasteiger partial charge in [-0.15, -0.1) is 0 Å². The summed E-state index contributed by atoms with van der Waals surface area (Å²) in [6.45, 7) is 10.1. The van der Waals surface area contributed by atoms with Gasteiger partial charge in [0.1, 0.15) is 6.10 Å². The fraction of sp³-hybridized carbons (Fsp3) is 0.789. The standard InChI is InChI=1S/C19H28O5/c1-11(20)23-15-8-9-18(3,4)14-7-6-13-10-22-17(24-12(2)21)16(13)19(14,15)5/h6,14-17H,7-10H2,1-5H3. The molecule has 0 aromatic heterocycles. The van der Waals surface area contributed by atoms with E-state index in [9.17, 15) is 9.59 Å². The van der Waals surface area contributed by atoms with Crippen LogP contribution in [0.5, 0.6) is 0 Å². The lowest BCUT2D eigenvalue weighted by molar-refractivity contribution is -0.211. The second kappa shape index (κ2) is 5.87. The van der Waals surface area contributed by atoms with Crippen molar-refractivity contribution in [2.75, 3.05) is 6.61 Å². The van der Waals surface area contributed by atoms with Gasteiger partial charge in [-0.05, 0) is 36.2 Å². The van der Waals surface area contributed by atoms with Gasteiger partial charge in [-0.1, -0.05) is 26.8 Å². The summed E-state index contributed by atoms with van der Waals surface area (Å²) >= 11 is 0. The van der Waals surface area contributed by atoms with Gasteiger partial charge >= 0.3 is 11.9 Å². The molecular weight excluding hydrogens is 308 g/mol. The number of hydrogen-bond donors (Lipinski definition) is 0. The number of carbonyl (C=O) groups excluding carboxylic acids is 2. The molecule has 5 heteroatoms. The third kappa shape index (κ3) is 2.67. The molecule has 0 spiro atoms. The summed E-state index contributed by atoms with van der Waals surface area (Å²) in [5.41, 5.74) is 1.01. The van der Waals surface area contributed by atoms with Gasteiger partial charge in [-0.2, -0.15) is 0 Å². The molecular formula is C19H28O5. The maximum absolute atomic E-state index is 11.7. The van der Waals surface area contributed by atoms with Crippen LogP contribution < -0.4 is 0 Å². The first-order chi connectivity index (χ1) is 11.2. The van der Waals surface area contributed by atoms with E-state index in [1.807, 2.05) is 0 Å². The van der Waals surface area contributed by atoms with Crippen molar-refractivity contribution in [3.05, 3.63) is 11.6 Å². The number of hydrogen-bond acceptors (Lipinski definition) is 5. The fourth-order valence-electron chi connectivity index (χ4n) is 5.38. The lowest BCUT2D eigenvalue weighted by Crippen LogP contribution is -2.58. The van der Waals surface area contributed by atoms with Gasteiger partial charge in [0.25, 0.3) is 0 Å². The van der Waals surface area contributed by atoms with Gasteiger partial charge < -0.3 is 14.2 Å². The monoisotopic (exact) mass is 336 g/mol. The highest BCUT2D eigenvalue weighted by molar-refractivity contribution is 5.66. The third-order valence-electron chi connectivity index (χ3n) is 6.40. The normalized spacial score (nSPS) is 40.1. The zero-order chi connectivity index (χ0) is 17.7. The SMILES string of the molecule is CC(=O)OC1OCC2=CCC3C(C)(C)CCC(OC(C)=O)C3(C)C21. The van der Waals surface area contributed by atoms with Crippen LogP contribution in [0.2, 0.25) is 0 Å². The van der Waals surface area contributed by atoms with Crippen LogP contribution in [0.15, 0.2) is 11.6 Å². The van der Waals surface area contributed by atoms with Crippen molar-refractivity contribution in [3.63, 3.8) is 0 Å². The van der Waals surface area contributed by atoms with Gasteiger partial charge in [0.05, 0.1) is 12.5 Å². The van der Waals surface area contributed by atoms with Gasteiger partial charge in [0.2, 0.25) is 6.29 Å². The number of carbonyl (C=O) groups is 2. The molecule has 1 heterocycles. The van der Waals surface area contributed by atoms with E-state index in [1.54, 1.807) is 0 Å². The zero-order valence-electron chi connectivity index (χ0n) is 15.3. The van der Waals surface area contributed by atoms with E-state index < -0.39 is 6.29 Å². The Kier molecular flexibility index (Phi) is 4.27. The quantitative estimate of drug-likeness (QED) is 0.572. The second-order valence-electron chi connectivity index (χ2n) is 8.33. The maximum atomic E-state index is 11.7. The van der Waals surface area contributed by atoms with E-state index >= 15 is 0 Å². The van der Waals surface area contributed by atoms with Crippen molar-refractivity contribution in [3.8, 4) is 0 Å². The number of allylic oxidation sites excluding steroid dienone is 1. The average Bonchev–Trinajstić information content (AvgIpc) is 2.85. The van der Waals surface area contributed by atoms with Crippen LogP contribution in [-0.4, -0.2) is 30.9 Å². The number of esters is 2. The van der Waals surface area contributed by atoms with E-state index in [0.717, 1.165) is 19.3 Å². The number of fused-ring (bicyclic) bond motifs is 3. The Morgan fingerprint density at radius 3 is 2.46 bits per heavy atom. The van der Waals surface area contributed by atoms with Crippen LogP contribution in [0.4, 0.5) is 0 Å². The molecule has 2 aliphatic carbocycles. The zero-order valence-corrected chi connectivity index (χ0v) is 15.3. The highest BCUT2D eigenvalue weighted by Gasteiger charge is 2.62. The Morgan fingerprint density at radius 2 is 1.83 bits per heavy atom. The second-order valence-corrected chi connectivity index (χ2v) is 8.33. The van der Waals surface area contributed by atoms with Crippen molar-refractivity contribution in [1.82, 2.24) is 0 Å². The van der Waals surface area contributed by atoms with E-state index in [-0.39, 0.29) is 34.8 Å². The largest absolute Gasteiger partial charge is 0.462 e. The highest BCUT2D eigenvalue weighted by Crippen LogP contribution is 2.62. The summed E-state index contributed by atoms with van der Waals surface area (Å²) < 4.78 is 17.0. The summed E-state index contributed by atoms with van der Waals surface area (Å²) in [5, 5.41) is 0. The van der Waals surface area contributed by atoms with Gasteiger partial charge in [0.15, 0.2) is 0 Å². The summed E-state index contributed by atoms with van der Waals surface area (Å²) in [6.07, 6.45) is 4.27. The molecule has 0 bridgehead atoms. The molecule has 5 nitrogen and oxygen atoms in total. The summed E-state index contributed by atoms with van der Waals surface area (Å²) in [5.74, 6) is -0.300. The molecule has 134 valence electrons. The maximum Gasteiger partial charge on any atom is 0.304 e. The molecule has 3 rings (SSSR count). The Labute approximate surface area is 143 Å². The van der Waals surface area contributed by atoms with Crippen LogP contribution >= 0.6 is 0 Å². The number of rotatable bonds is 2. The highest BCUT2D eigenvalue weighted by atomic mass is 16.7. The van der Waals surface area contributed by atoms with Crippen molar-refractivity contribution in [2.45, 2.75) is 66.3 Å². The summed E-state index contributed by atoms with van der Waals surface area (Å²) in [6, 6.07) is 0. The smallest absolute Gasteiger partial charge is 0.304 e. The topological polar surface area (TPSA) is 61.8 Å². The van der Waals surface area contributed by atoms with Gasteiger partial charge in [-0.3, -0.25) is 9.59 Å². The first kappa shape index (κ1) is 17.5. The minimum atomic E-state index is -0.589. The molecule has 5 unspecified atom stereocenters. The van der Waals surface area contributed by atoms with Gasteiger partial charge in [0, 0.05) is 19.3 Å². The minimum absolute atomic E-state index is 0.0518. The molecule has 24 heavy (non-hydrogen) atoms. The first-order valence-electron chi connectivity index (χ1n) is 8.81. The van der Waals surface area contributed by atoms with E-state index in [2.05, 4.69) is 26.8 Å². The molecule has 0 amide bonds. The van der Waals surface area contributed by atoms with Crippen LogP contribution in [-0.2, 0) is 23.8 Å². The van der Waals surface area contributed by atoms with E-state index in [1.165, 1.54) is 19.4 Å². The molecule has 0 radical (unpaired) electrons. The van der Waals surface area contributed by atoms with Crippen LogP contribution in [0.1, 0.15) is 53.9 Å². The fourth-order valence-corrected chi connectivity index (χ4v) is 5.38. The predicted molar refractivity (Wildman–Crippen MR) is 87.9 cm³/mol. The molecule has 3 aliphatic rings. The molecule has 0 aromatic carbocycles. The van der Waals surface area contributed by atoms with Crippen molar-refractivity contribution >= 4 is 11.9 Å². The predicted octanol–water partition coefficient (Wildman–Crippen LogP) is 3.23. The summed E-state index contributed by atoms with van der Waals surface area (Å²) in [7, 11) is 0. The first-order valence-corrected chi connectivity index (χ1v) is 8.81. The lowest BCUT2D eigenvalue weighted by Gasteiger charge is -2.58. The molecule has 1 aliphatic heterocycles. The van der Waals surface area contributed by atoms with Crippen LogP contribution in [0.25, 0.3) is 0 Å².